The second-order valence-corrected chi connectivity index (χ2v) is 12.5. The lowest BCUT2D eigenvalue weighted by molar-refractivity contribution is -0.149. The van der Waals surface area contributed by atoms with E-state index in [1.807, 2.05) is 20.8 Å². The Balaban J connectivity index is 3.52. The maximum Gasteiger partial charge on any atom is 0.334 e. The minimum Gasteiger partial charge on any atom is -0.463 e. The highest BCUT2D eigenvalue weighted by molar-refractivity contribution is 6.66. The van der Waals surface area contributed by atoms with E-state index < -0.39 is 8.56 Å². The Morgan fingerprint density at radius 1 is 0.788 bits per heavy atom. The summed E-state index contributed by atoms with van der Waals surface area (Å²) in [6, 6.07) is 0.955. The van der Waals surface area contributed by atoms with Crippen LogP contribution in [0.1, 0.15) is 98.3 Å². The molecule has 0 aliphatic heterocycles. The average molecular weight is 490 g/mol. The molecule has 6 nitrogen and oxygen atoms in total. The molecule has 33 heavy (non-hydrogen) atoms. The summed E-state index contributed by atoms with van der Waals surface area (Å²) >= 11 is 0. The average Bonchev–Trinajstić information content (AvgIpc) is 2.79. The Bertz CT molecular complexity index is 433. The van der Waals surface area contributed by atoms with Crippen LogP contribution in [0.2, 0.25) is 12.6 Å². The van der Waals surface area contributed by atoms with Crippen molar-refractivity contribution in [1.29, 1.82) is 0 Å². The van der Waals surface area contributed by atoms with Crippen LogP contribution in [0.25, 0.3) is 0 Å². The SMILES string of the molecule is CCCCCCCCCCCCOCCOC(=O)C(C)CNCCC[Si](C)(OCC)OCC. The maximum absolute atomic E-state index is 12.1. The second-order valence-electron chi connectivity index (χ2n) is 9.17. The third kappa shape index (κ3) is 20.6. The predicted octanol–water partition coefficient (Wildman–Crippen LogP) is 6.23. The third-order valence-electron chi connectivity index (χ3n) is 5.85. The van der Waals surface area contributed by atoms with Gasteiger partial charge in [-0.15, -0.1) is 0 Å². The van der Waals surface area contributed by atoms with Crippen molar-refractivity contribution in [3.8, 4) is 0 Å². The van der Waals surface area contributed by atoms with Crippen LogP contribution in [0, 0.1) is 5.92 Å². The van der Waals surface area contributed by atoms with Crippen LogP contribution in [0.4, 0.5) is 0 Å². The van der Waals surface area contributed by atoms with Crippen molar-refractivity contribution in [3.63, 3.8) is 0 Å². The zero-order chi connectivity index (χ0) is 24.6. The molecule has 0 aromatic carbocycles. The van der Waals surface area contributed by atoms with Crippen LogP contribution in [0.5, 0.6) is 0 Å². The van der Waals surface area contributed by atoms with Gasteiger partial charge in [-0.3, -0.25) is 4.79 Å². The smallest absolute Gasteiger partial charge is 0.334 e. The molecule has 0 aliphatic carbocycles. The fourth-order valence-electron chi connectivity index (χ4n) is 3.87. The Hall–Kier alpha value is -0.473. The molecule has 198 valence electrons. The molecule has 1 unspecified atom stereocenters. The molecule has 0 aromatic rings. The van der Waals surface area contributed by atoms with Crippen LogP contribution < -0.4 is 5.32 Å². The van der Waals surface area contributed by atoms with Crippen molar-refractivity contribution in [2.45, 2.75) is 111 Å². The molecule has 0 amide bonds. The van der Waals surface area contributed by atoms with Gasteiger partial charge in [0.2, 0.25) is 0 Å². The molecule has 0 aliphatic rings. The van der Waals surface area contributed by atoms with Gasteiger partial charge in [-0.2, -0.15) is 0 Å². The number of esters is 1. The molecule has 0 aromatic heterocycles. The molecule has 7 heteroatoms. The molecule has 0 fully saturated rings. The molecule has 1 N–H and O–H groups in total. The summed E-state index contributed by atoms with van der Waals surface area (Å²) in [5.74, 6) is -0.317. The predicted molar refractivity (Wildman–Crippen MR) is 140 cm³/mol. The third-order valence-corrected chi connectivity index (χ3v) is 8.91. The van der Waals surface area contributed by atoms with Gasteiger partial charge in [-0.1, -0.05) is 71.6 Å². The molecular formula is C26H55NO5Si. The van der Waals surface area contributed by atoms with E-state index in [-0.39, 0.29) is 11.9 Å². The van der Waals surface area contributed by atoms with E-state index in [4.69, 9.17) is 18.3 Å². The van der Waals surface area contributed by atoms with Gasteiger partial charge < -0.3 is 23.6 Å². The number of hydrogen-bond donors (Lipinski definition) is 1. The number of hydrogen-bond acceptors (Lipinski definition) is 6. The number of carbonyl (C=O) groups excluding carboxylic acids is 1. The van der Waals surface area contributed by atoms with E-state index in [0.29, 0.717) is 33.0 Å². The monoisotopic (exact) mass is 489 g/mol. The normalized spacial score (nSPS) is 12.8. The first kappa shape index (κ1) is 32.5. The Kier molecular flexibility index (Phi) is 22.9. The van der Waals surface area contributed by atoms with Gasteiger partial charge in [0.1, 0.15) is 6.61 Å². The topological polar surface area (TPSA) is 66.0 Å². The summed E-state index contributed by atoms with van der Waals surface area (Å²) in [5, 5.41) is 3.35. The summed E-state index contributed by atoms with van der Waals surface area (Å²) in [6.45, 7) is 14.8. The first-order valence-corrected chi connectivity index (χ1v) is 16.2. The van der Waals surface area contributed by atoms with Crippen LogP contribution in [0.3, 0.4) is 0 Å². The number of nitrogens with one attached hydrogen (secondary N) is 1. The molecule has 0 bridgehead atoms. The van der Waals surface area contributed by atoms with E-state index in [9.17, 15) is 4.79 Å². The highest BCUT2D eigenvalue weighted by Gasteiger charge is 2.29. The number of rotatable bonds is 25. The van der Waals surface area contributed by atoms with Gasteiger partial charge in [0.05, 0.1) is 12.5 Å². The van der Waals surface area contributed by atoms with Gasteiger partial charge in [-0.25, -0.2) is 0 Å². The van der Waals surface area contributed by atoms with E-state index in [2.05, 4.69) is 18.8 Å². The fourth-order valence-corrected chi connectivity index (χ4v) is 6.28. The van der Waals surface area contributed by atoms with Crippen LogP contribution in [-0.2, 0) is 23.1 Å². The molecular weight excluding hydrogens is 434 g/mol. The van der Waals surface area contributed by atoms with Gasteiger partial charge in [-0.05, 0) is 45.8 Å². The minimum absolute atomic E-state index is 0.158. The van der Waals surface area contributed by atoms with Gasteiger partial charge >= 0.3 is 14.5 Å². The van der Waals surface area contributed by atoms with Crippen molar-refractivity contribution in [3.05, 3.63) is 0 Å². The van der Waals surface area contributed by atoms with E-state index in [1.54, 1.807) is 0 Å². The highest BCUT2D eigenvalue weighted by atomic mass is 28.4. The molecule has 0 rings (SSSR count). The van der Waals surface area contributed by atoms with E-state index in [1.165, 1.54) is 57.8 Å². The lowest BCUT2D eigenvalue weighted by Gasteiger charge is -2.26. The zero-order valence-electron chi connectivity index (χ0n) is 22.6. The van der Waals surface area contributed by atoms with Crippen molar-refractivity contribution < 1.29 is 23.1 Å². The maximum atomic E-state index is 12.1. The molecule has 0 saturated heterocycles. The molecule has 0 saturated carbocycles. The highest BCUT2D eigenvalue weighted by Crippen LogP contribution is 2.15. The van der Waals surface area contributed by atoms with Gasteiger partial charge in [0.25, 0.3) is 0 Å². The van der Waals surface area contributed by atoms with E-state index >= 15 is 0 Å². The molecule has 0 heterocycles. The summed E-state index contributed by atoms with van der Waals surface area (Å²) in [5.41, 5.74) is 0. The summed E-state index contributed by atoms with van der Waals surface area (Å²) < 4.78 is 22.7. The van der Waals surface area contributed by atoms with Crippen LogP contribution in [-0.4, -0.2) is 60.7 Å². The molecule has 0 radical (unpaired) electrons. The van der Waals surface area contributed by atoms with Gasteiger partial charge in [0.15, 0.2) is 0 Å². The lowest BCUT2D eigenvalue weighted by Crippen LogP contribution is -2.39. The standard InChI is InChI=1S/C26H55NO5Si/c1-6-9-10-11-12-13-14-15-16-17-20-29-21-22-30-26(28)25(4)24-27-19-18-23-33(5,31-7-2)32-8-3/h25,27H,6-24H2,1-5H3. The number of ether oxygens (including phenoxy) is 2. The summed E-state index contributed by atoms with van der Waals surface area (Å²) in [6.07, 6.45) is 14.2. The Morgan fingerprint density at radius 3 is 1.94 bits per heavy atom. The molecule has 0 spiro atoms. The molecule has 1 atom stereocenters. The first-order valence-electron chi connectivity index (χ1n) is 13.7. The van der Waals surface area contributed by atoms with Crippen LogP contribution >= 0.6 is 0 Å². The zero-order valence-corrected chi connectivity index (χ0v) is 23.6. The summed E-state index contributed by atoms with van der Waals surface area (Å²) in [4.78, 5) is 12.1. The second kappa shape index (κ2) is 23.3. The van der Waals surface area contributed by atoms with Crippen LogP contribution in [0.15, 0.2) is 0 Å². The van der Waals surface area contributed by atoms with Crippen molar-refractivity contribution in [1.82, 2.24) is 5.32 Å². The van der Waals surface area contributed by atoms with Crippen molar-refractivity contribution >= 4 is 14.5 Å². The van der Waals surface area contributed by atoms with E-state index in [0.717, 1.165) is 32.0 Å². The van der Waals surface area contributed by atoms with Crippen molar-refractivity contribution in [2.24, 2.45) is 5.92 Å². The first-order chi connectivity index (χ1) is 16.0. The van der Waals surface area contributed by atoms with Gasteiger partial charge in [0, 0.05) is 26.4 Å². The Morgan fingerprint density at radius 2 is 1.36 bits per heavy atom. The number of unbranched alkanes of at least 4 members (excludes halogenated alkanes) is 9. The Labute approximate surface area is 206 Å². The summed E-state index contributed by atoms with van der Waals surface area (Å²) in [7, 11) is -2.04. The number of carbonyl (C=O) groups is 1. The van der Waals surface area contributed by atoms with Crippen molar-refractivity contribution in [2.75, 3.05) is 46.1 Å². The fraction of sp³-hybridized carbons (Fsp3) is 0.962. The minimum atomic E-state index is -2.04. The quantitative estimate of drug-likeness (QED) is 0.0932. The lowest BCUT2D eigenvalue weighted by atomic mass is 10.1. The largest absolute Gasteiger partial charge is 0.463 e.